The van der Waals surface area contributed by atoms with Crippen LogP contribution in [0.3, 0.4) is 0 Å². The van der Waals surface area contributed by atoms with Gasteiger partial charge in [-0.05, 0) is 42.0 Å². The number of hydrogen-bond donors (Lipinski definition) is 0. The van der Waals surface area contributed by atoms with Crippen LogP contribution in [-0.4, -0.2) is 6.29 Å². The standard InChI is InChI=1S/C21H24O/c1-3-4-6-13-19(15-18-11-7-5-8-12-18)21-17(2)10-9-14-20(21)16-22/h5,7-12,14-16H,3-4,6,13H2,1-2H3/b19-15-. The maximum Gasteiger partial charge on any atom is 0.150 e. The molecule has 1 nitrogen and oxygen atoms in total. The van der Waals surface area contributed by atoms with Gasteiger partial charge < -0.3 is 0 Å². The molecule has 0 saturated heterocycles. The van der Waals surface area contributed by atoms with Crippen LogP contribution in [0.2, 0.25) is 0 Å². The molecule has 0 unspecified atom stereocenters. The first kappa shape index (κ1) is 16.2. The van der Waals surface area contributed by atoms with Crippen molar-refractivity contribution in [1.82, 2.24) is 0 Å². The maximum atomic E-state index is 11.4. The predicted octanol–water partition coefficient (Wildman–Crippen LogP) is 5.93. The molecular formula is C21H24O. The highest BCUT2D eigenvalue weighted by Crippen LogP contribution is 2.29. The molecule has 0 radical (unpaired) electrons. The minimum atomic E-state index is 0.790. The lowest BCUT2D eigenvalue weighted by atomic mass is 9.90. The van der Waals surface area contributed by atoms with Crippen LogP contribution >= 0.6 is 0 Å². The van der Waals surface area contributed by atoms with E-state index >= 15 is 0 Å². The lowest BCUT2D eigenvalue weighted by molar-refractivity contribution is 0.112. The summed E-state index contributed by atoms with van der Waals surface area (Å²) in [5.41, 5.74) is 5.52. The molecule has 114 valence electrons. The Labute approximate surface area is 133 Å². The number of benzene rings is 2. The zero-order valence-electron chi connectivity index (χ0n) is 13.5. The van der Waals surface area contributed by atoms with E-state index in [1.807, 2.05) is 30.3 Å². The van der Waals surface area contributed by atoms with Crippen LogP contribution in [0.4, 0.5) is 0 Å². The first-order chi connectivity index (χ1) is 10.8. The van der Waals surface area contributed by atoms with Gasteiger partial charge in [0.1, 0.15) is 0 Å². The molecule has 0 bridgehead atoms. The number of aryl methyl sites for hydroxylation is 1. The molecule has 1 heteroatoms. The molecule has 0 N–H and O–H groups in total. The number of carbonyl (C=O) groups is 1. The Bertz CT molecular complexity index is 638. The summed E-state index contributed by atoms with van der Waals surface area (Å²) in [7, 11) is 0. The molecule has 0 heterocycles. The highest BCUT2D eigenvalue weighted by molar-refractivity contribution is 5.92. The molecule has 0 saturated carbocycles. The summed E-state index contributed by atoms with van der Waals surface area (Å²) >= 11 is 0. The Morgan fingerprint density at radius 1 is 1.00 bits per heavy atom. The fraction of sp³-hybridized carbons (Fsp3) is 0.286. The van der Waals surface area contributed by atoms with E-state index in [1.165, 1.54) is 29.5 Å². The molecule has 0 aliphatic rings. The second-order valence-electron chi connectivity index (χ2n) is 5.69. The molecule has 0 amide bonds. The molecule has 0 aromatic heterocycles. The third-order valence-corrected chi connectivity index (χ3v) is 3.94. The molecule has 2 aromatic rings. The van der Waals surface area contributed by atoms with Gasteiger partial charge in [0.25, 0.3) is 0 Å². The summed E-state index contributed by atoms with van der Waals surface area (Å²) in [6, 6.07) is 16.3. The van der Waals surface area contributed by atoms with Crippen LogP contribution in [0.25, 0.3) is 11.6 Å². The lowest BCUT2D eigenvalue weighted by Crippen LogP contribution is -1.97. The van der Waals surface area contributed by atoms with Gasteiger partial charge in [0.05, 0.1) is 0 Å². The smallest absolute Gasteiger partial charge is 0.150 e. The van der Waals surface area contributed by atoms with Crippen molar-refractivity contribution in [3.05, 3.63) is 70.8 Å². The van der Waals surface area contributed by atoms with Crippen LogP contribution in [0.15, 0.2) is 48.5 Å². The SMILES string of the molecule is CCCCC/C(=C/c1ccccc1)c1c(C)cccc1C=O. The number of unbranched alkanes of at least 4 members (excludes halogenated alkanes) is 2. The van der Waals surface area contributed by atoms with E-state index in [9.17, 15) is 4.79 Å². The van der Waals surface area contributed by atoms with Crippen molar-refractivity contribution in [2.75, 3.05) is 0 Å². The highest BCUT2D eigenvalue weighted by atomic mass is 16.1. The predicted molar refractivity (Wildman–Crippen MR) is 95.0 cm³/mol. The van der Waals surface area contributed by atoms with Crippen molar-refractivity contribution >= 4 is 17.9 Å². The minimum absolute atomic E-state index is 0.790. The van der Waals surface area contributed by atoms with E-state index in [0.29, 0.717) is 0 Å². The van der Waals surface area contributed by atoms with Crippen LogP contribution in [0, 0.1) is 6.92 Å². The highest BCUT2D eigenvalue weighted by Gasteiger charge is 2.10. The lowest BCUT2D eigenvalue weighted by Gasteiger charge is -2.14. The van der Waals surface area contributed by atoms with Gasteiger partial charge in [-0.2, -0.15) is 0 Å². The van der Waals surface area contributed by atoms with Gasteiger partial charge in [0.15, 0.2) is 6.29 Å². The molecular weight excluding hydrogens is 268 g/mol. The molecule has 0 aliphatic carbocycles. The summed E-state index contributed by atoms with van der Waals surface area (Å²) in [6.07, 6.45) is 7.78. The first-order valence-electron chi connectivity index (χ1n) is 8.07. The van der Waals surface area contributed by atoms with E-state index in [0.717, 1.165) is 30.3 Å². The van der Waals surface area contributed by atoms with E-state index in [4.69, 9.17) is 0 Å². The first-order valence-corrected chi connectivity index (χ1v) is 8.07. The largest absolute Gasteiger partial charge is 0.298 e. The summed E-state index contributed by atoms with van der Waals surface area (Å²) in [6.45, 7) is 4.30. The summed E-state index contributed by atoms with van der Waals surface area (Å²) in [4.78, 5) is 11.4. The average Bonchev–Trinajstić information content (AvgIpc) is 2.55. The van der Waals surface area contributed by atoms with Gasteiger partial charge in [-0.15, -0.1) is 0 Å². The van der Waals surface area contributed by atoms with E-state index in [2.05, 4.69) is 38.1 Å². The second-order valence-corrected chi connectivity index (χ2v) is 5.69. The summed E-state index contributed by atoms with van der Waals surface area (Å²) in [5.74, 6) is 0. The van der Waals surface area contributed by atoms with Crippen molar-refractivity contribution in [2.45, 2.75) is 39.5 Å². The fourth-order valence-electron chi connectivity index (χ4n) is 2.81. The fourth-order valence-corrected chi connectivity index (χ4v) is 2.81. The zero-order chi connectivity index (χ0) is 15.8. The Morgan fingerprint density at radius 3 is 2.45 bits per heavy atom. The van der Waals surface area contributed by atoms with Gasteiger partial charge >= 0.3 is 0 Å². The van der Waals surface area contributed by atoms with Crippen molar-refractivity contribution < 1.29 is 4.79 Å². The summed E-state index contributed by atoms with van der Waals surface area (Å²) in [5, 5.41) is 0. The van der Waals surface area contributed by atoms with Gasteiger partial charge in [-0.1, -0.05) is 74.4 Å². The van der Waals surface area contributed by atoms with Crippen molar-refractivity contribution in [1.29, 1.82) is 0 Å². The van der Waals surface area contributed by atoms with Gasteiger partial charge in [-0.25, -0.2) is 0 Å². The van der Waals surface area contributed by atoms with Crippen molar-refractivity contribution in [3.63, 3.8) is 0 Å². The normalized spacial score (nSPS) is 11.5. The molecule has 2 aromatic carbocycles. The van der Waals surface area contributed by atoms with Crippen molar-refractivity contribution in [2.24, 2.45) is 0 Å². The van der Waals surface area contributed by atoms with Crippen LogP contribution in [0.1, 0.15) is 59.7 Å². The molecule has 22 heavy (non-hydrogen) atoms. The topological polar surface area (TPSA) is 17.1 Å². The van der Waals surface area contributed by atoms with Gasteiger partial charge in [0.2, 0.25) is 0 Å². The monoisotopic (exact) mass is 292 g/mol. The third-order valence-electron chi connectivity index (χ3n) is 3.94. The van der Waals surface area contributed by atoms with Crippen LogP contribution < -0.4 is 0 Å². The number of aldehydes is 1. The quantitative estimate of drug-likeness (QED) is 0.351. The molecule has 0 spiro atoms. The number of allylic oxidation sites excluding steroid dienone is 1. The minimum Gasteiger partial charge on any atom is -0.298 e. The maximum absolute atomic E-state index is 11.4. The molecule has 2 rings (SSSR count). The Morgan fingerprint density at radius 2 is 1.77 bits per heavy atom. The van der Waals surface area contributed by atoms with E-state index in [-0.39, 0.29) is 0 Å². The average molecular weight is 292 g/mol. The summed E-state index contributed by atoms with van der Waals surface area (Å²) < 4.78 is 0. The second kappa shape index (κ2) is 8.33. The Balaban J connectivity index is 2.45. The Hall–Kier alpha value is -2.15. The molecule has 0 fully saturated rings. The van der Waals surface area contributed by atoms with Gasteiger partial charge in [0, 0.05) is 5.56 Å². The van der Waals surface area contributed by atoms with Crippen LogP contribution in [-0.2, 0) is 0 Å². The van der Waals surface area contributed by atoms with Crippen molar-refractivity contribution in [3.8, 4) is 0 Å². The number of rotatable bonds is 7. The number of carbonyl (C=O) groups excluding carboxylic acids is 1. The van der Waals surface area contributed by atoms with Crippen LogP contribution in [0.5, 0.6) is 0 Å². The Kier molecular flexibility index (Phi) is 6.14. The molecule has 0 atom stereocenters. The third kappa shape index (κ3) is 4.17. The zero-order valence-corrected chi connectivity index (χ0v) is 13.5. The van der Waals surface area contributed by atoms with Gasteiger partial charge in [-0.3, -0.25) is 4.79 Å². The van der Waals surface area contributed by atoms with E-state index in [1.54, 1.807) is 0 Å². The van der Waals surface area contributed by atoms with E-state index < -0.39 is 0 Å². The number of hydrogen-bond acceptors (Lipinski definition) is 1. The molecule has 0 aliphatic heterocycles.